The number of rotatable bonds is 6. The number of carbonyl (C=O) groups excluding carboxylic acids is 5. The average molecular weight is 898 g/mol. The maximum Gasteiger partial charge on any atom is 0.137 e. The smallest absolute Gasteiger partial charge is 0.137 e. The maximum absolute atomic E-state index is 10.8. The van der Waals surface area contributed by atoms with E-state index in [1.165, 1.54) is 11.1 Å². The lowest BCUT2D eigenvalue weighted by molar-refractivity contribution is -0.126. The highest BCUT2D eigenvalue weighted by Gasteiger charge is 2.20. The first-order valence-electron chi connectivity index (χ1n) is 23.4. The van der Waals surface area contributed by atoms with E-state index >= 15 is 0 Å². The molecule has 65 heavy (non-hydrogen) atoms. The van der Waals surface area contributed by atoms with Gasteiger partial charge in [0.2, 0.25) is 0 Å². The average Bonchev–Trinajstić information content (AvgIpc) is 3.22. The molecule has 0 aromatic heterocycles. The van der Waals surface area contributed by atoms with E-state index in [4.69, 9.17) is 5.26 Å². The molecule has 0 heterocycles. The van der Waals surface area contributed by atoms with Crippen LogP contribution in [0.15, 0.2) is 96.6 Å². The van der Waals surface area contributed by atoms with Crippen LogP contribution in [0.2, 0.25) is 0 Å². The molecule has 3 rings (SSSR count). The summed E-state index contributed by atoms with van der Waals surface area (Å²) in [5.41, 5.74) is 3.80. The van der Waals surface area contributed by atoms with Gasteiger partial charge in [-0.25, -0.2) is 0 Å². The Hall–Kier alpha value is -4.76. The molecule has 0 N–H and O–H groups in total. The van der Waals surface area contributed by atoms with E-state index in [1.54, 1.807) is 6.92 Å². The number of ketones is 5. The van der Waals surface area contributed by atoms with Crippen LogP contribution in [-0.2, 0) is 24.0 Å². The Labute approximate surface area is 400 Å². The van der Waals surface area contributed by atoms with Crippen LogP contribution >= 0.6 is 0 Å². The number of carbonyl (C=O) groups is 5. The zero-order chi connectivity index (χ0) is 52.3. The molecule has 0 aliphatic carbocycles. The predicted octanol–water partition coefficient (Wildman–Crippen LogP) is 16.7. The van der Waals surface area contributed by atoms with Crippen LogP contribution in [0.5, 0.6) is 0 Å². The number of Topliss-reactive ketones (excluding diaryl/α,β-unsaturated/α-hetero) is 5. The third kappa shape index (κ3) is 45.6. The Morgan fingerprint density at radius 3 is 0.692 bits per heavy atom. The van der Waals surface area contributed by atoms with Crippen molar-refractivity contribution in [2.45, 2.75) is 191 Å². The molecule has 3 aromatic rings. The van der Waals surface area contributed by atoms with E-state index in [2.05, 4.69) is 44.2 Å². The summed E-state index contributed by atoms with van der Waals surface area (Å²) in [6.07, 6.45) is 5.14. The fourth-order valence-corrected chi connectivity index (χ4v) is 4.55. The Morgan fingerprint density at radius 2 is 0.585 bits per heavy atom. The van der Waals surface area contributed by atoms with Crippen LogP contribution in [0.4, 0.5) is 0 Å². The van der Waals surface area contributed by atoms with E-state index in [0.29, 0.717) is 61.0 Å². The molecule has 0 fully saturated rings. The highest BCUT2D eigenvalue weighted by atomic mass is 16.1. The summed E-state index contributed by atoms with van der Waals surface area (Å²) in [5, 5.41) is 8.48. The van der Waals surface area contributed by atoms with Crippen molar-refractivity contribution in [3.8, 4) is 6.07 Å². The summed E-state index contributed by atoms with van der Waals surface area (Å²) >= 11 is 0. The minimum absolute atomic E-state index is 0.130. The minimum atomic E-state index is -0.130. The minimum Gasteiger partial charge on any atom is -0.299 e. The topological polar surface area (TPSA) is 109 Å². The van der Waals surface area contributed by atoms with E-state index in [1.807, 2.05) is 211 Å². The molecule has 0 atom stereocenters. The Morgan fingerprint density at radius 1 is 0.400 bits per heavy atom. The summed E-state index contributed by atoms with van der Waals surface area (Å²) < 4.78 is 0. The van der Waals surface area contributed by atoms with Gasteiger partial charge in [0.05, 0.1) is 6.07 Å². The van der Waals surface area contributed by atoms with Gasteiger partial charge in [0.15, 0.2) is 0 Å². The predicted molar refractivity (Wildman–Crippen MR) is 282 cm³/mol. The number of benzene rings is 3. The van der Waals surface area contributed by atoms with Crippen molar-refractivity contribution in [3.63, 3.8) is 0 Å². The zero-order valence-corrected chi connectivity index (χ0v) is 45.8. The molecule has 6 nitrogen and oxygen atoms in total. The Balaban J connectivity index is -0.000000212. The fraction of sp³-hybridized carbons (Fsp3) is 0.559. The van der Waals surface area contributed by atoms with Crippen LogP contribution in [-0.4, -0.2) is 28.9 Å². The second-order valence-electron chi connectivity index (χ2n) is 20.8. The number of hydrogen-bond acceptors (Lipinski definition) is 6. The lowest BCUT2D eigenvalue weighted by Gasteiger charge is -2.13. The summed E-state index contributed by atoms with van der Waals surface area (Å²) in [7, 11) is 0. The largest absolute Gasteiger partial charge is 0.299 e. The third-order valence-electron chi connectivity index (χ3n) is 9.03. The summed E-state index contributed by atoms with van der Waals surface area (Å²) in [4.78, 5) is 54.2. The van der Waals surface area contributed by atoms with Crippen molar-refractivity contribution in [1.29, 1.82) is 5.26 Å². The second kappa shape index (κ2) is 36.5. The monoisotopic (exact) mass is 898 g/mol. The molecular weight excluding hydrogens is 803 g/mol. The van der Waals surface area contributed by atoms with Gasteiger partial charge in [0.25, 0.3) is 0 Å². The van der Waals surface area contributed by atoms with Crippen LogP contribution < -0.4 is 0 Å². The van der Waals surface area contributed by atoms with Crippen LogP contribution in [0.1, 0.15) is 194 Å². The van der Waals surface area contributed by atoms with Gasteiger partial charge in [-0.1, -0.05) is 241 Å². The highest BCUT2D eigenvalue weighted by Crippen LogP contribution is 2.18. The van der Waals surface area contributed by atoms with Crippen molar-refractivity contribution in [1.82, 2.24) is 0 Å². The number of aryl methyl sites for hydroxylation is 2. The van der Waals surface area contributed by atoms with Gasteiger partial charge in [-0.15, -0.1) is 0 Å². The normalized spacial score (nSPS) is 10.8. The van der Waals surface area contributed by atoms with E-state index < -0.39 is 0 Å². The van der Waals surface area contributed by atoms with Crippen molar-refractivity contribution in [2.75, 3.05) is 0 Å². The second-order valence-corrected chi connectivity index (χ2v) is 20.8. The van der Waals surface area contributed by atoms with Crippen LogP contribution in [0.25, 0.3) is 6.08 Å². The van der Waals surface area contributed by atoms with Crippen molar-refractivity contribution in [3.05, 3.63) is 113 Å². The summed E-state index contributed by atoms with van der Waals surface area (Å²) in [6, 6.07) is 32.4. The van der Waals surface area contributed by atoms with Gasteiger partial charge in [0, 0.05) is 64.8 Å². The SMILES string of the molecule is C/C(C#N)=C/c1ccccc1.CCC(=O)C(C)(C)C.CCC(=O)C(C)(C)C.CCC(=O)C(C)(C)C.CCC(=O)C(C)(C)C.CCC(=O)C(C)(C)C.Cc1ccccc1.Cc1ccccc1. The lowest BCUT2D eigenvalue weighted by Crippen LogP contribution is -2.18. The molecule has 6 heteroatoms. The first-order valence-corrected chi connectivity index (χ1v) is 23.4. The lowest BCUT2D eigenvalue weighted by atomic mass is 9.89. The Kier molecular flexibility index (Phi) is 38.9. The van der Waals surface area contributed by atoms with E-state index in [0.717, 1.165) is 11.1 Å². The molecule has 0 aliphatic rings. The fourth-order valence-electron chi connectivity index (χ4n) is 4.55. The van der Waals surface area contributed by atoms with Gasteiger partial charge in [-0.2, -0.15) is 5.26 Å². The molecule has 3 aromatic carbocycles. The quantitative estimate of drug-likeness (QED) is 0.228. The molecule has 0 aliphatic heterocycles. The highest BCUT2D eigenvalue weighted by molar-refractivity contribution is 5.84. The first-order chi connectivity index (χ1) is 29.5. The molecular formula is C59H95NO5. The molecule has 0 bridgehead atoms. The molecule has 0 radical (unpaired) electrons. The molecule has 0 amide bonds. The van der Waals surface area contributed by atoms with Gasteiger partial charge < -0.3 is 0 Å². The summed E-state index contributed by atoms with van der Waals surface area (Å²) in [5.74, 6) is 1.66. The molecule has 0 unspecified atom stereocenters. The molecule has 0 spiro atoms. The third-order valence-corrected chi connectivity index (χ3v) is 9.03. The van der Waals surface area contributed by atoms with Crippen molar-refractivity contribution < 1.29 is 24.0 Å². The van der Waals surface area contributed by atoms with Gasteiger partial charge in [-0.05, 0) is 32.4 Å². The standard InChI is InChI=1S/C10H9N.5C7H14O.2C7H8/c1-9(8-11)7-10-5-3-2-4-6-10;5*1-5-6(8)7(2,3)4;2*1-7-5-3-2-4-6-7/h2-7H,1H3;5*5H2,1-4H3;2*2-6H,1H3/b9-7-;;;;;;;. The van der Waals surface area contributed by atoms with Crippen molar-refractivity contribution >= 4 is 35.0 Å². The van der Waals surface area contributed by atoms with Crippen LogP contribution in [0.3, 0.4) is 0 Å². The van der Waals surface area contributed by atoms with E-state index in [-0.39, 0.29) is 27.1 Å². The van der Waals surface area contributed by atoms with Crippen LogP contribution in [0, 0.1) is 52.3 Å². The zero-order valence-electron chi connectivity index (χ0n) is 45.8. The van der Waals surface area contributed by atoms with Gasteiger partial charge in [0.1, 0.15) is 28.9 Å². The molecule has 0 saturated carbocycles. The van der Waals surface area contributed by atoms with Gasteiger partial charge in [-0.3, -0.25) is 24.0 Å². The molecule has 0 saturated heterocycles. The summed E-state index contributed by atoms with van der Waals surface area (Å²) in [6.45, 7) is 44.6. The molecule has 366 valence electrons. The van der Waals surface area contributed by atoms with Crippen molar-refractivity contribution in [2.24, 2.45) is 27.1 Å². The van der Waals surface area contributed by atoms with E-state index in [9.17, 15) is 24.0 Å². The maximum atomic E-state index is 10.8. The number of hydrogen-bond donors (Lipinski definition) is 0. The number of nitrogens with zero attached hydrogens (tertiary/aromatic N) is 1. The number of allylic oxidation sites excluding steroid dienone is 1. The first kappa shape index (κ1) is 69.3. The Bertz CT molecular complexity index is 1590. The number of nitriles is 1. The van der Waals surface area contributed by atoms with Gasteiger partial charge >= 0.3 is 0 Å².